The number of pyridine rings is 2. The molecule has 0 saturated carbocycles. The Kier molecular flexibility index (Phi) is 5.13. The van der Waals surface area contributed by atoms with Crippen molar-refractivity contribution in [2.45, 2.75) is 70.9 Å². The molecule has 1 unspecified atom stereocenters. The van der Waals surface area contributed by atoms with E-state index in [0.717, 1.165) is 22.1 Å². The Hall–Kier alpha value is -3.14. The molecule has 188 valence electrons. The van der Waals surface area contributed by atoms with Gasteiger partial charge in [0.1, 0.15) is 12.4 Å². The van der Waals surface area contributed by atoms with E-state index in [2.05, 4.69) is 5.32 Å². The van der Waals surface area contributed by atoms with E-state index in [-0.39, 0.29) is 60.8 Å². The predicted octanol–water partition coefficient (Wildman–Crippen LogP) is 2.48. The molecule has 36 heavy (non-hydrogen) atoms. The molecule has 0 fully saturated rings. The predicted molar refractivity (Wildman–Crippen MR) is 130 cm³/mol. The van der Waals surface area contributed by atoms with Crippen LogP contribution in [0.15, 0.2) is 16.9 Å². The molecule has 3 atom stereocenters. The van der Waals surface area contributed by atoms with Crippen molar-refractivity contribution in [3.63, 3.8) is 0 Å². The Morgan fingerprint density at radius 3 is 2.81 bits per heavy atom. The summed E-state index contributed by atoms with van der Waals surface area (Å²) < 4.78 is 21.7. The maximum absolute atomic E-state index is 14.9. The quantitative estimate of drug-likeness (QED) is 0.374. The fraction of sp³-hybridized carbons (Fsp3) is 0.444. The van der Waals surface area contributed by atoms with Crippen molar-refractivity contribution in [3.8, 4) is 11.4 Å². The van der Waals surface area contributed by atoms with Gasteiger partial charge in [0.15, 0.2) is 5.60 Å². The number of cyclic esters (lactones) is 1. The Morgan fingerprint density at radius 2 is 2.08 bits per heavy atom. The highest BCUT2D eigenvalue weighted by atomic mass is 19.1. The molecule has 3 aromatic rings. The number of esters is 1. The molecule has 0 spiro atoms. The van der Waals surface area contributed by atoms with E-state index in [4.69, 9.17) is 9.72 Å². The lowest BCUT2D eigenvalue weighted by Crippen LogP contribution is -2.44. The summed E-state index contributed by atoms with van der Waals surface area (Å²) >= 11 is 0. The van der Waals surface area contributed by atoms with Crippen molar-refractivity contribution >= 4 is 16.9 Å². The molecule has 0 saturated heterocycles. The SMILES string of the molecule is CC[C@@]1(O)C(=O)OCc2c1cc1n(c2=O)Cc2c-1nc1cc(F)c(C)c3c1c2[C@@H](NC(C)CO)CC3. The first-order valence-electron chi connectivity index (χ1n) is 12.4. The Balaban J connectivity index is 1.66. The standard InChI is InChI=1S/C27H28FN3O5/c1-4-27(35)17-7-21-24-15(9-31(21)25(33)16(17)11-36-26(27)34)23-19(29-12(2)10-32)6-5-14-13(3)18(28)8-20(30-24)22(14)23/h7-8,12,19,29,32,35H,4-6,9-11H2,1-3H3/t12?,19-,27-/m0/s1. The molecule has 2 aliphatic heterocycles. The second-order valence-corrected chi connectivity index (χ2v) is 10.2. The summed E-state index contributed by atoms with van der Waals surface area (Å²) in [5.41, 5.74) is 3.19. The smallest absolute Gasteiger partial charge is 0.343 e. The number of aromatic nitrogens is 2. The molecule has 8 nitrogen and oxygen atoms in total. The lowest BCUT2D eigenvalue weighted by molar-refractivity contribution is -0.172. The first kappa shape index (κ1) is 23.3. The van der Waals surface area contributed by atoms with Gasteiger partial charge in [-0.25, -0.2) is 14.2 Å². The van der Waals surface area contributed by atoms with Crippen molar-refractivity contribution in [3.05, 3.63) is 61.7 Å². The fourth-order valence-corrected chi connectivity index (χ4v) is 6.12. The number of fused-ring (bicyclic) bond motifs is 5. The normalized spacial score (nSPS) is 22.7. The van der Waals surface area contributed by atoms with E-state index in [1.807, 2.05) is 6.92 Å². The van der Waals surface area contributed by atoms with Gasteiger partial charge in [-0.2, -0.15) is 0 Å². The number of aliphatic hydroxyl groups is 2. The van der Waals surface area contributed by atoms with E-state index in [0.29, 0.717) is 35.3 Å². The number of rotatable bonds is 4. The van der Waals surface area contributed by atoms with E-state index < -0.39 is 11.6 Å². The van der Waals surface area contributed by atoms with Crippen LogP contribution >= 0.6 is 0 Å². The number of halogens is 1. The average Bonchev–Trinajstić information content (AvgIpc) is 3.24. The van der Waals surface area contributed by atoms with Crippen LogP contribution in [-0.4, -0.2) is 38.4 Å². The zero-order valence-corrected chi connectivity index (χ0v) is 20.4. The first-order valence-corrected chi connectivity index (χ1v) is 12.4. The molecule has 6 rings (SSSR count). The Labute approximate surface area is 206 Å². The fourth-order valence-electron chi connectivity index (χ4n) is 6.12. The molecule has 1 aromatic carbocycles. The zero-order chi connectivity index (χ0) is 25.5. The second-order valence-electron chi connectivity index (χ2n) is 10.2. The topological polar surface area (TPSA) is 114 Å². The van der Waals surface area contributed by atoms with Crippen LogP contribution in [0.3, 0.4) is 0 Å². The Morgan fingerprint density at radius 1 is 1.31 bits per heavy atom. The number of nitrogens with zero attached hydrogens (tertiary/aromatic N) is 2. The molecule has 1 aliphatic carbocycles. The van der Waals surface area contributed by atoms with Crippen molar-refractivity contribution in [2.24, 2.45) is 0 Å². The number of carbonyl (C=O) groups is 1. The highest BCUT2D eigenvalue weighted by Gasteiger charge is 2.46. The number of aliphatic hydroxyl groups excluding tert-OH is 1. The summed E-state index contributed by atoms with van der Waals surface area (Å²) in [7, 11) is 0. The minimum Gasteiger partial charge on any atom is -0.458 e. The first-order chi connectivity index (χ1) is 17.2. The second kappa shape index (κ2) is 7.93. The number of hydrogen-bond acceptors (Lipinski definition) is 7. The Bertz CT molecular complexity index is 1530. The zero-order valence-electron chi connectivity index (χ0n) is 20.4. The lowest BCUT2D eigenvalue weighted by atomic mass is 9.81. The van der Waals surface area contributed by atoms with Gasteiger partial charge in [-0.05, 0) is 55.9 Å². The molecule has 9 heteroatoms. The lowest BCUT2D eigenvalue weighted by Gasteiger charge is -2.31. The average molecular weight is 494 g/mol. The van der Waals surface area contributed by atoms with Crippen molar-refractivity contribution in [2.75, 3.05) is 6.61 Å². The van der Waals surface area contributed by atoms with E-state index in [1.54, 1.807) is 24.5 Å². The third kappa shape index (κ3) is 2.99. The molecular weight excluding hydrogens is 465 g/mol. The van der Waals surface area contributed by atoms with Gasteiger partial charge in [0.05, 0.1) is 35.6 Å². The summed E-state index contributed by atoms with van der Waals surface area (Å²) in [6.45, 7) is 5.39. The highest BCUT2D eigenvalue weighted by molar-refractivity contribution is 5.93. The van der Waals surface area contributed by atoms with Gasteiger partial charge in [0.25, 0.3) is 5.56 Å². The van der Waals surface area contributed by atoms with Crippen LogP contribution in [0.5, 0.6) is 0 Å². The van der Waals surface area contributed by atoms with Crippen molar-refractivity contribution in [1.82, 2.24) is 14.9 Å². The van der Waals surface area contributed by atoms with Crippen LogP contribution < -0.4 is 10.9 Å². The van der Waals surface area contributed by atoms with E-state index in [9.17, 15) is 24.2 Å². The van der Waals surface area contributed by atoms with E-state index in [1.165, 1.54) is 6.07 Å². The third-order valence-electron chi connectivity index (χ3n) is 8.14. The molecule has 3 N–H and O–H groups in total. The summed E-state index contributed by atoms with van der Waals surface area (Å²) in [5, 5.41) is 25.2. The monoisotopic (exact) mass is 493 g/mol. The van der Waals surface area contributed by atoms with Gasteiger partial charge in [-0.3, -0.25) is 4.79 Å². The summed E-state index contributed by atoms with van der Waals surface area (Å²) in [5.74, 6) is -1.10. The van der Waals surface area contributed by atoms with Gasteiger partial charge >= 0.3 is 5.97 Å². The largest absolute Gasteiger partial charge is 0.458 e. The maximum Gasteiger partial charge on any atom is 0.343 e. The minimum atomic E-state index is -1.91. The molecule has 0 radical (unpaired) electrons. The van der Waals surface area contributed by atoms with Gasteiger partial charge in [-0.1, -0.05) is 6.92 Å². The van der Waals surface area contributed by atoms with Gasteiger partial charge < -0.3 is 24.8 Å². The summed E-state index contributed by atoms with van der Waals surface area (Å²) in [6, 6.07) is 2.85. The highest BCUT2D eigenvalue weighted by Crippen LogP contribution is 2.46. The van der Waals surface area contributed by atoms with Crippen LogP contribution in [0.25, 0.3) is 22.3 Å². The maximum atomic E-state index is 14.9. The molecule has 4 heterocycles. The summed E-state index contributed by atoms with van der Waals surface area (Å²) in [4.78, 5) is 30.9. The molecular formula is C27H28FN3O5. The number of carbonyl (C=O) groups excluding carboxylic acids is 1. The molecule has 0 amide bonds. The van der Waals surface area contributed by atoms with Crippen LogP contribution in [0.4, 0.5) is 4.39 Å². The van der Waals surface area contributed by atoms with Crippen molar-refractivity contribution < 1.29 is 24.1 Å². The number of aryl methyl sites for hydroxylation is 1. The van der Waals surface area contributed by atoms with Crippen molar-refractivity contribution in [1.29, 1.82) is 0 Å². The minimum absolute atomic E-state index is 0.0295. The molecule has 2 aromatic heterocycles. The van der Waals surface area contributed by atoms with Crippen LogP contribution in [-0.2, 0) is 34.7 Å². The van der Waals surface area contributed by atoms with Crippen LogP contribution in [0.1, 0.15) is 66.1 Å². The summed E-state index contributed by atoms with van der Waals surface area (Å²) in [6.07, 6.45) is 1.45. The molecule has 3 aliphatic rings. The number of ether oxygens (including phenoxy) is 1. The number of hydrogen-bond donors (Lipinski definition) is 3. The van der Waals surface area contributed by atoms with Gasteiger partial charge in [0, 0.05) is 34.7 Å². The van der Waals surface area contributed by atoms with Crippen LogP contribution in [0.2, 0.25) is 0 Å². The van der Waals surface area contributed by atoms with Gasteiger partial charge in [-0.15, -0.1) is 0 Å². The van der Waals surface area contributed by atoms with E-state index >= 15 is 0 Å². The number of nitrogens with one attached hydrogen (secondary N) is 1. The third-order valence-corrected chi connectivity index (χ3v) is 8.14. The van der Waals surface area contributed by atoms with Crippen LogP contribution in [0, 0.1) is 12.7 Å². The molecule has 0 bridgehead atoms. The number of benzene rings is 1. The van der Waals surface area contributed by atoms with Gasteiger partial charge in [0.2, 0.25) is 0 Å².